The van der Waals surface area contributed by atoms with Gasteiger partial charge in [0.15, 0.2) is 5.82 Å². The zero-order chi connectivity index (χ0) is 24.2. The highest BCUT2D eigenvalue weighted by molar-refractivity contribution is 6.30. The number of amides is 1. The molecule has 1 saturated heterocycles. The molecular weight excluding hydrogens is 471 g/mol. The van der Waals surface area contributed by atoms with E-state index in [1.807, 2.05) is 67.1 Å². The second kappa shape index (κ2) is 10.6. The standard InChI is InChI=1S/C26H28Cl2N4O2/c1-18(2)17-34-24-9-8-23(28)13-21(24)15-32-19(3)12-25(29-32)31-11-10-30(16-26(31)33)14-20-4-6-22(27)7-5-20/h4-9,12-13H,1,10-11,14-17H2,2-3H3. The predicted molar refractivity (Wildman–Crippen MR) is 137 cm³/mol. The van der Waals surface area contributed by atoms with Crippen molar-refractivity contribution in [2.75, 3.05) is 31.1 Å². The Hall–Kier alpha value is -2.80. The Bertz CT molecular complexity index is 1190. The van der Waals surface area contributed by atoms with Gasteiger partial charge in [0.25, 0.3) is 0 Å². The first-order valence-electron chi connectivity index (χ1n) is 11.2. The van der Waals surface area contributed by atoms with Crippen molar-refractivity contribution in [3.8, 4) is 5.75 Å². The highest BCUT2D eigenvalue weighted by atomic mass is 35.5. The zero-order valence-corrected chi connectivity index (χ0v) is 20.9. The number of halogens is 2. The number of nitrogens with zero attached hydrogens (tertiary/aromatic N) is 4. The number of anilines is 1. The summed E-state index contributed by atoms with van der Waals surface area (Å²) in [5.41, 5.74) is 3.95. The molecule has 0 unspecified atom stereocenters. The van der Waals surface area contributed by atoms with Crippen LogP contribution in [0.1, 0.15) is 23.7 Å². The average molecular weight is 499 g/mol. The summed E-state index contributed by atoms with van der Waals surface area (Å²) in [5.74, 6) is 1.45. The monoisotopic (exact) mass is 498 g/mol. The molecule has 0 aliphatic carbocycles. The minimum atomic E-state index is 0.0399. The lowest BCUT2D eigenvalue weighted by atomic mass is 10.2. The van der Waals surface area contributed by atoms with Gasteiger partial charge in [-0.15, -0.1) is 0 Å². The summed E-state index contributed by atoms with van der Waals surface area (Å²) in [6, 6.07) is 15.2. The fraction of sp³-hybridized carbons (Fsp3) is 0.308. The van der Waals surface area contributed by atoms with Crippen LogP contribution >= 0.6 is 23.2 Å². The summed E-state index contributed by atoms with van der Waals surface area (Å²) < 4.78 is 7.77. The number of rotatable bonds is 8. The molecule has 1 fully saturated rings. The molecule has 0 atom stereocenters. The number of carbonyl (C=O) groups excluding carboxylic acids is 1. The van der Waals surface area contributed by atoms with Crippen molar-refractivity contribution in [3.63, 3.8) is 0 Å². The van der Waals surface area contributed by atoms with Gasteiger partial charge in [0.1, 0.15) is 12.4 Å². The first kappa shape index (κ1) is 24.3. The number of hydrogen-bond acceptors (Lipinski definition) is 4. The average Bonchev–Trinajstić information content (AvgIpc) is 3.14. The fourth-order valence-electron chi connectivity index (χ4n) is 3.91. The maximum absolute atomic E-state index is 12.9. The largest absolute Gasteiger partial charge is 0.489 e. The van der Waals surface area contributed by atoms with Crippen LogP contribution in [0.3, 0.4) is 0 Å². The van der Waals surface area contributed by atoms with Crippen molar-refractivity contribution in [3.05, 3.63) is 87.5 Å². The van der Waals surface area contributed by atoms with E-state index >= 15 is 0 Å². The predicted octanol–water partition coefficient (Wildman–Crippen LogP) is 5.35. The summed E-state index contributed by atoms with van der Waals surface area (Å²) in [6.45, 7) is 11.2. The number of aromatic nitrogens is 2. The topological polar surface area (TPSA) is 50.6 Å². The zero-order valence-electron chi connectivity index (χ0n) is 19.4. The van der Waals surface area contributed by atoms with E-state index in [0.29, 0.717) is 48.6 Å². The molecule has 34 heavy (non-hydrogen) atoms. The number of benzene rings is 2. The van der Waals surface area contributed by atoms with Crippen molar-refractivity contribution in [1.82, 2.24) is 14.7 Å². The molecule has 0 saturated carbocycles. The highest BCUT2D eigenvalue weighted by Crippen LogP contribution is 2.26. The molecule has 1 amide bonds. The quantitative estimate of drug-likeness (QED) is 0.392. The Labute approximate surface area is 210 Å². The van der Waals surface area contributed by atoms with E-state index < -0.39 is 0 Å². The number of aryl methyl sites for hydroxylation is 1. The van der Waals surface area contributed by atoms with Gasteiger partial charge in [-0.1, -0.05) is 41.9 Å². The normalized spacial score (nSPS) is 14.5. The summed E-state index contributed by atoms with van der Waals surface area (Å²) in [7, 11) is 0. The molecule has 1 aromatic heterocycles. The van der Waals surface area contributed by atoms with Crippen molar-refractivity contribution >= 4 is 34.9 Å². The van der Waals surface area contributed by atoms with Crippen molar-refractivity contribution < 1.29 is 9.53 Å². The van der Waals surface area contributed by atoms with E-state index in [0.717, 1.165) is 34.7 Å². The number of carbonyl (C=O) groups is 1. The molecule has 4 rings (SSSR count). The lowest BCUT2D eigenvalue weighted by Gasteiger charge is -2.33. The number of piperazine rings is 1. The molecule has 0 bridgehead atoms. The Balaban J connectivity index is 1.44. The second-order valence-electron chi connectivity index (χ2n) is 8.68. The maximum Gasteiger partial charge on any atom is 0.242 e. The van der Waals surface area contributed by atoms with Crippen LogP contribution in [0.2, 0.25) is 10.0 Å². The molecule has 6 nitrogen and oxygen atoms in total. The van der Waals surface area contributed by atoms with Gasteiger partial charge in [-0.3, -0.25) is 19.3 Å². The SMILES string of the molecule is C=C(C)COc1ccc(Cl)cc1Cn1nc(N2CCN(Cc3ccc(Cl)cc3)CC2=O)cc1C. The number of hydrogen-bond donors (Lipinski definition) is 0. The van der Waals surface area contributed by atoms with Gasteiger partial charge in [-0.05, 0) is 55.3 Å². The summed E-state index contributed by atoms with van der Waals surface area (Å²) in [5, 5.41) is 6.08. The Morgan fingerprint density at radius 2 is 1.79 bits per heavy atom. The molecule has 2 aromatic carbocycles. The highest BCUT2D eigenvalue weighted by Gasteiger charge is 2.27. The van der Waals surface area contributed by atoms with E-state index in [1.54, 1.807) is 4.90 Å². The minimum absolute atomic E-state index is 0.0399. The van der Waals surface area contributed by atoms with Crippen LogP contribution in [0.15, 0.2) is 60.7 Å². The Morgan fingerprint density at radius 3 is 2.50 bits per heavy atom. The summed E-state index contributed by atoms with van der Waals surface area (Å²) >= 11 is 12.2. The first-order chi connectivity index (χ1) is 16.3. The minimum Gasteiger partial charge on any atom is -0.489 e. The molecule has 3 aromatic rings. The van der Waals surface area contributed by atoms with Crippen molar-refractivity contribution in [1.29, 1.82) is 0 Å². The van der Waals surface area contributed by atoms with Gasteiger partial charge < -0.3 is 4.74 Å². The van der Waals surface area contributed by atoms with Crippen LogP contribution in [0.5, 0.6) is 5.75 Å². The maximum atomic E-state index is 12.9. The van der Waals surface area contributed by atoms with Gasteiger partial charge >= 0.3 is 0 Å². The lowest BCUT2D eigenvalue weighted by molar-refractivity contribution is -0.121. The molecule has 0 radical (unpaired) electrons. The summed E-state index contributed by atoms with van der Waals surface area (Å²) in [6.07, 6.45) is 0. The van der Waals surface area contributed by atoms with Crippen LogP contribution in [0.25, 0.3) is 0 Å². The van der Waals surface area contributed by atoms with Crippen molar-refractivity contribution in [2.45, 2.75) is 26.9 Å². The first-order valence-corrected chi connectivity index (χ1v) is 11.9. The molecule has 0 N–H and O–H groups in total. The summed E-state index contributed by atoms with van der Waals surface area (Å²) in [4.78, 5) is 16.8. The smallest absolute Gasteiger partial charge is 0.242 e. The van der Waals surface area contributed by atoms with Gasteiger partial charge in [-0.2, -0.15) is 5.10 Å². The van der Waals surface area contributed by atoms with E-state index in [-0.39, 0.29) is 5.91 Å². The fourth-order valence-corrected chi connectivity index (χ4v) is 4.23. The van der Waals surface area contributed by atoms with E-state index in [9.17, 15) is 4.79 Å². The second-order valence-corrected chi connectivity index (χ2v) is 9.55. The molecule has 178 valence electrons. The Morgan fingerprint density at radius 1 is 1.06 bits per heavy atom. The number of ether oxygens (including phenoxy) is 1. The lowest BCUT2D eigenvalue weighted by Crippen LogP contribution is -2.50. The van der Waals surface area contributed by atoms with Gasteiger partial charge in [0, 0.05) is 47.0 Å². The van der Waals surface area contributed by atoms with E-state index in [4.69, 9.17) is 33.0 Å². The van der Waals surface area contributed by atoms with Crippen LogP contribution < -0.4 is 9.64 Å². The third-order valence-corrected chi connectivity index (χ3v) is 6.17. The molecule has 2 heterocycles. The van der Waals surface area contributed by atoms with Crippen LogP contribution in [-0.4, -0.2) is 46.8 Å². The van der Waals surface area contributed by atoms with Gasteiger partial charge in [-0.25, -0.2) is 0 Å². The Kier molecular flexibility index (Phi) is 7.61. The van der Waals surface area contributed by atoms with E-state index in [1.165, 1.54) is 0 Å². The molecule has 1 aliphatic heterocycles. The third kappa shape index (κ3) is 6.00. The van der Waals surface area contributed by atoms with Crippen LogP contribution in [0, 0.1) is 6.92 Å². The van der Waals surface area contributed by atoms with Gasteiger partial charge in [0.05, 0.1) is 13.1 Å². The van der Waals surface area contributed by atoms with E-state index in [2.05, 4.69) is 11.5 Å². The molecule has 8 heteroatoms. The van der Waals surface area contributed by atoms with Crippen LogP contribution in [0.4, 0.5) is 5.82 Å². The van der Waals surface area contributed by atoms with Crippen molar-refractivity contribution in [2.24, 2.45) is 0 Å². The third-order valence-electron chi connectivity index (χ3n) is 5.68. The molecule has 1 aliphatic rings. The molecule has 0 spiro atoms. The van der Waals surface area contributed by atoms with Crippen LogP contribution in [-0.2, 0) is 17.9 Å². The van der Waals surface area contributed by atoms with Gasteiger partial charge in [0.2, 0.25) is 5.91 Å². The molecular formula is C26H28Cl2N4O2.